The van der Waals surface area contributed by atoms with Crippen LogP contribution in [-0.4, -0.2) is 17.7 Å². The number of carbonyl (C=O) groups is 1. The van der Waals surface area contributed by atoms with Crippen LogP contribution >= 0.6 is 15.9 Å². The Kier molecular flexibility index (Phi) is 2.67. The summed E-state index contributed by atoms with van der Waals surface area (Å²) in [6.45, 7) is 0. The fourth-order valence-corrected chi connectivity index (χ4v) is 1.45. The zero-order valence-electron chi connectivity index (χ0n) is 6.46. The van der Waals surface area contributed by atoms with Gasteiger partial charge in [-0.1, -0.05) is 18.2 Å². The molecule has 0 aromatic rings. The predicted molar refractivity (Wildman–Crippen MR) is 46.6 cm³/mol. The number of rotatable bonds is 1. The van der Waals surface area contributed by atoms with Crippen molar-refractivity contribution in [1.82, 2.24) is 0 Å². The molecule has 0 spiro atoms. The van der Waals surface area contributed by atoms with Crippen LogP contribution in [0.4, 0.5) is 4.39 Å². The van der Waals surface area contributed by atoms with Crippen LogP contribution in [0, 0.1) is 5.92 Å². The van der Waals surface area contributed by atoms with Crippen molar-refractivity contribution in [2.75, 3.05) is 7.11 Å². The summed E-state index contributed by atoms with van der Waals surface area (Å²) in [5.41, 5.74) is 0. The number of ether oxygens (including phenoxy) is 1. The smallest absolute Gasteiger partial charge is 0.317 e. The monoisotopic (exact) mass is 234 g/mol. The predicted octanol–water partition coefficient (Wildman–Crippen LogP) is 1.96. The van der Waals surface area contributed by atoms with Crippen molar-refractivity contribution >= 4 is 21.9 Å². The molecule has 2 unspecified atom stereocenters. The van der Waals surface area contributed by atoms with E-state index in [0.29, 0.717) is 0 Å². The molecule has 0 amide bonds. The molecule has 2 nitrogen and oxygen atoms in total. The minimum absolute atomic E-state index is 0.588. The Labute approximate surface area is 78.2 Å². The Bertz CT molecular complexity index is 245. The van der Waals surface area contributed by atoms with Crippen LogP contribution in [0.25, 0.3) is 0 Å². The van der Waals surface area contributed by atoms with Crippen LogP contribution in [0.5, 0.6) is 0 Å². The summed E-state index contributed by atoms with van der Waals surface area (Å²) in [5, 5.41) is 0. The molecule has 66 valence electrons. The molecule has 0 saturated carbocycles. The lowest BCUT2D eigenvalue weighted by molar-refractivity contribution is -0.145. The summed E-state index contributed by atoms with van der Waals surface area (Å²) in [5.74, 6) is -1.48. The first-order chi connectivity index (χ1) is 5.58. The molecule has 12 heavy (non-hydrogen) atoms. The van der Waals surface area contributed by atoms with Crippen LogP contribution in [0.2, 0.25) is 0 Å². The first-order valence-corrected chi connectivity index (χ1v) is 4.19. The molecule has 1 aliphatic carbocycles. The summed E-state index contributed by atoms with van der Waals surface area (Å²) in [7, 11) is 1.23. The molecule has 0 aromatic heterocycles. The van der Waals surface area contributed by atoms with Gasteiger partial charge in [0.1, 0.15) is 5.92 Å². The average Bonchev–Trinajstić information content (AvgIpc) is 2.02. The zero-order valence-corrected chi connectivity index (χ0v) is 8.05. The standard InChI is InChI=1S/C8H8BrFO2/c1-12-7(11)6-4-2-3-5-8(6,9)10/h2-6H,1H3. The van der Waals surface area contributed by atoms with E-state index < -0.39 is 16.5 Å². The second kappa shape index (κ2) is 3.39. The Morgan fingerprint density at radius 2 is 2.33 bits per heavy atom. The van der Waals surface area contributed by atoms with E-state index in [4.69, 9.17) is 0 Å². The van der Waals surface area contributed by atoms with Crippen molar-refractivity contribution in [3.05, 3.63) is 24.3 Å². The Morgan fingerprint density at radius 1 is 1.67 bits per heavy atom. The highest BCUT2D eigenvalue weighted by Crippen LogP contribution is 2.35. The van der Waals surface area contributed by atoms with Gasteiger partial charge in [0.05, 0.1) is 7.11 Å². The minimum Gasteiger partial charge on any atom is -0.468 e. The third-order valence-electron chi connectivity index (χ3n) is 1.60. The number of hydrogen-bond donors (Lipinski definition) is 0. The van der Waals surface area contributed by atoms with Crippen LogP contribution in [0.3, 0.4) is 0 Å². The largest absolute Gasteiger partial charge is 0.468 e. The lowest BCUT2D eigenvalue weighted by Gasteiger charge is -2.22. The molecule has 4 heteroatoms. The quantitative estimate of drug-likeness (QED) is 0.513. The van der Waals surface area contributed by atoms with Crippen molar-refractivity contribution in [3.63, 3.8) is 0 Å². The molecule has 0 aromatic carbocycles. The van der Waals surface area contributed by atoms with Gasteiger partial charge in [0.25, 0.3) is 0 Å². The molecule has 0 aliphatic heterocycles. The summed E-state index contributed by atoms with van der Waals surface area (Å²) < 4.78 is 16.1. The van der Waals surface area contributed by atoms with E-state index in [9.17, 15) is 9.18 Å². The van der Waals surface area contributed by atoms with Gasteiger partial charge in [-0.25, -0.2) is 4.39 Å². The van der Waals surface area contributed by atoms with Crippen molar-refractivity contribution in [3.8, 4) is 0 Å². The second-order valence-corrected chi connectivity index (χ2v) is 3.63. The van der Waals surface area contributed by atoms with Crippen LogP contribution in [0.15, 0.2) is 24.3 Å². The maximum atomic E-state index is 13.5. The van der Waals surface area contributed by atoms with Gasteiger partial charge in [-0.3, -0.25) is 4.79 Å². The highest BCUT2D eigenvalue weighted by Gasteiger charge is 2.39. The van der Waals surface area contributed by atoms with Gasteiger partial charge < -0.3 is 4.74 Å². The number of esters is 1. The fourth-order valence-electron chi connectivity index (χ4n) is 0.954. The van der Waals surface area contributed by atoms with Gasteiger partial charge in [0.2, 0.25) is 0 Å². The molecule has 2 atom stereocenters. The number of hydrogen-bond acceptors (Lipinski definition) is 2. The average molecular weight is 235 g/mol. The lowest BCUT2D eigenvalue weighted by Crippen LogP contribution is -2.31. The minimum atomic E-state index is -1.81. The van der Waals surface area contributed by atoms with Gasteiger partial charge in [-0.05, 0) is 22.0 Å². The molecule has 0 heterocycles. The molecule has 0 bridgehead atoms. The first kappa shape index (κ1) is 9.45. The molecule has 1 rings (SSSR count). The number of methoxy groups -OCH3 is 1. The van der Waals surface area contributed by atoms with E-state index >= 15 is 0 Å². The number of carbonyl (C=O) groups excluding carboxylic acids is 1. The molecular formula is C8H8BrFO2. The Morgan fingerprint density at radius 3 is 2.83 bits per heavy atom. The summed E-state index contributed by atoms with van der Waals surface area (Å²) >= 11 is 2.79. The van der Waals surface area contributed by atoms with E-state index in [1.165, 1.54) is 25.3 Å². The highest BCUT2D eigenvalue weighted by atomic mass is 79.9. The van der Waals surface area contributed by atoms with E-state index in [2.05, 4.69) is 20.7 Å². The summed E-state index contributed by atoms with van der Waals surface area (Å²) in [6.07, 6.45) is 5.88. The normalized spacial score (nSPS) is 33.4. The number of allylic oxidation sites excluding steroid dienone is 3. The molecule has 0 N–H and O–H groups in total. The van der Waals surface area contributed by atoms with Crippen molar-refractivity contribution in [2.45, 2.75) is 4.58 Å². The highest BCUT2D eigenvalue weighted by molar-refractivity contribution is 9.10. The maximum Gasteiger partial charge on any atom is 0.317 e. The zero-order chi connectivity index (χ0) is 9.19. The van der Waals surface area contributed by atoms with E-state index in [1.54, 1.807) is 6.08 Å². The maximum absolute atomic E-state index is 13.5. The summed E-state index contributed by atoms with van der Waals surface area (Å²) in [6, 6.07) is 0. The molecule has 0 fully saturated rings. The van der Waals surface area contributed by atoms with E-state index in [-0.39, 0.29) is 0 Å². The van der Waals surface area contributed by atoms with Gasteiger partial charge in [0, 0.05) is 0 Å². The van der Waals surface area contributed by atoms with Gasteiger partial charge in [-0.2, -0.15) is 0 Å². The molecule has 1 aliphatic rings. The topological polar surface area (TPSA) is 26.3 Å². The third kappa shape index (κ3) is 1.75. The summed E-state index contributed by atoms with van der Waals surface area (Å²) in [4.78, 5) is 11.0. The Balaban J connectivity index is 2.84. The van der Waals surface area contributed by atoms with Crippen molar-refractivity contribution in [1.29, 1.82) is 0 Å². The molecule has 0 saturated heterocycles. The van der Waals surface area contributed by atoms with Gasteiger partial charge in [-0.15, -0.1) is 0 Å². The second-order valence-electron chi connectivity index (χ2n) is 2.42. The third-order valence-corrected chi connectivity index (χ3v) is 2.36. The number of alkyl halides is 2. The van der Waals surface area contributed by atoms with Crippen LogP contribution in [0.1, 0.15) is 0 Å². The van der Waals surface area contributed by atoms with Crippen molar-refractivity contribution in [2.24, 2.45) is 5.92 Å². The SMILES string of the molecule is COC(=O)C1C=CC=CC1(F)Br. The van der Waals surface area contributed by atoms with E-state index in [1.807, 2.05) is 0 Å². The Hall–Kier alpha value is -0.640. The fraction of sp³-hybridized carbons (Fsp3) is 0.375. The molecular weight excluding hydrogens is 227 g/mol. The van der Waals surface area contributed by atoms with Gasteiger partial charge in [0.15, 0.2) is 4.58 Å². The van der Waals surface area contributed by atoms with E-state index in [0.717, 1.165) is 0 Å². The molecule has 0 radical (unpaired) electrons. The van der Waals surface area contributed by atoms with Gasteiger partial charge >= 0.3 is 5.97 Å². The lowest BCUT2D eigenvalue weighted by atomic mass is 9.99. The van der Waals surface area contributed by atoms with Crippen LogP contribution in [-0.2, 0) is 9.53 Å². The first-order valence-electron chi connectivity index (χ1n) is 3.39. The van der Waals surface area contributed by atoms with Crippen LogP contribution < -0.4 is 0 Å². The number of halogens is 2. The van der Waals surface area contributed by atoms with Crippen molar-refractivity contribution < 1.29 is 13.9 Å².